The van der Waals surface area contributed by atoms with Crippen molar-refractivity contribution in [2.45, 2.75) is 52.2 Å². The fourth-order valence-electron chi connectivity index (χ4n) is 1.71. The molecular formula is C13H24N4O2. The molecule has 2 rings (SSSR count). The molecule has 0 bridgehead atoms. The van der Waals surface area contributed by atoms with Gasteiger partial charge in [0, 0.05) is 12.6 Å². The van der Waals surface area contributed by atoms with E-state index in [2.05, 4.69) is 34.7 Å². The van der Waals surface area contributed by atoms with Crippen LogP contribution < -0.4 is 10.6 Å². The first-order valence-corrected chi connectivity index (χ1v) is 7.09. The van der Waals surface area contributed by atoms with Gasteiger partial charge in [0.05, 0.1) is 19.2 Å². The molecule has 6 nitrogen and oxygen atoms in total. The molecule has 6 heteroatoms. The van der Waals surface area contributed by atoms with Crippen molar-refractivity contribution in [1.29, 1.82) is 0 Å². The fraction of sp³-hybridized carbons (Fsp3) is 0.846. The van der Waals surface area contributed by atoms with Crippen LogP contribution >= 0.6 is 0 Å². The highest BCUT2D eigenvalue weighted by atomic mass is 16.5. The Balaban J connectivity index is 1.81. The average molecular weight is 268 g/mol. The van der Waals surface area contributed by atoms with Gasteiger partial charge in [0.2, 0.25) is 5.89 Å². The van der Waals surface area contributed by atoms with Crippen molar-refractivity contribution in [3.8, 4) is 0 Å². The molecule has 0 saturated heterocycles. The Morgan fingerprint density at radius 2 is 2.16 bits per heavy atom. The molecule has 0 aromatic carbocycles. The number of ether oxygens (including phenoxy) is 1. The van der Waals surface area contributed by atoms with Crippen LogP contribution in [0, 0.1) is 5.92 Å². The predicted octanol–water partition coefficient (Wildman–Crippen LogP) is 1.79. The third-order valence-corrected chi connectivity index (χ3v) is 3.20. The molecule has 19 heavy (non-hydrogen) atoms. The molecule has 2 N–H and O–H groups in total. The summed E-state index contributed by atoms with van der Waals surface area (Å²) in [6, 6.07) is 1.31. The van der Waals surface area contributed by atoms with Crippen LogP contribution in [-0.2, 0) is 11.3 Å². The summed E-state index contributed by atoms with van der Waals surface area (Å²) in [4.78, 5) is 0. The lowest BCUT2D eigenvalue weighted by molar-refractivity contribution is 0.126. The number of hydrogen-bond acceptors (Lipinski definition) is 6. The normalized spacial score (nSPS) is 16.8. The van der Waals surface area contributed by atoms with E-state index in [0.29, 0.717) is 43.6 Å². The summed E-state index contributed by atoms with van der Waals surface area (Å²) in [6.45, 7) is 8.28. The minimum absolute atomic E-state index is 0.185. The Bertz CT molecular complexity index is 376. The van der Waals surface area contributed by atoms with Crippen LogP contribution in [0.25, 0.3) is 0 Å². The highest BCUT2D eigenvalue weighted by molar-refractivity contribution is 5.19. The predicted molar refractivity (Wildman–Crippen MR) is 72.9 cm³/mol. The maximum Gasteiger partial charge on any atom is 0.315 e. The lowest BCUT2D eigenvalue weighted by Gasteiger charge is -2.20. The second-order valence-electron chi connectivity index (χ2n) is 5.31. The molecule has 1 aromatic rings. The number of rotatable bonds is 9. The fourth-order valence-corrected chi connectivity index (χ4v) is 1.71. The molecule has 108 valence electrons. The molecule has 1 aromatic heterocycles. The van der Waals surface area contributed by atoms with Crippen molar-refractivity contribution in [1.82, 2.24) is 15.5 Å². The number of nitrogens with one attached hydrogen (secondary N) is 2. The molecule has 0 amide bonds. The van der Waals surface area contributed by atoms with E-state index < -0.39 is 0 Å². The van der Waals surface area contributed by atoms with Gasteiger partial charge < -0.3 is 19.8 Å². The second kappa shape index (κ2) is 6.86. The van der Waals surface area contributed by atoms with Gasteiger partial charge in [-0.05, 0) is 25.7 Å². The largest absolute Gasteiger partial charge is 0.407 e. The number of aromatic nitrogens is 2. The minimum Gasteiger partial charge on any atom is -0.407 e. The first kappa shape index (κ1) is 14.3. The van der Waals surface area contributed by atoms with Gasteiger partial charge in [0.15, 0.2) is 0 Å². The lowest BCUT2D eigenvalue weighted by Crippen LogP contribution is -2.31. The Kier molecular flexibility index (Phi) is 5.15. The maximum atomic E-state index is 5.57. The number of hydrogen-bond donors (Lipinski definition) is 2. The standard InChI is InChI=1S/C13H24N4O2/c1-4-18-8-11(9(2)3)15-13-17-16-12(19-13)7-14-10-5-6-10/h9-11,14H,4-8H2,1-3H3,(H,15,17). The smallest absolute Gasteiger partial charge is 0.315 e. The maximum absolute atomic E-state index is 5.57. The molecule has 1 atom stereocenters. The van der Waals surface area contributed by atoms with Crippen molar-refractivity contribution in [3.05, 3.63) is 5.89 Å². The van der Waals surface area contributed by atoms with E-state index in [0.717, 1.165) is 0 Å². The summed E-state index contributed by atoms with van der Waals surface area (Å²) in [7, 11) is 0. The van der Waals surface area contributed by atoms with E-state index in [1.54, 1.807) is 0 Å². The van der Waals surface area contributed by atoms with Crippen LogP contribution in [0.5, 0.6) is 0 Å². The van der Waals surface area contributed by atoms with Crippen molar-refractivity contribution >= 4 is 6.01 Å². The van der Waals surface area contributed by atoms with Gasteiger partial charge >= 0.3 is 6.01 Å². The monoisotopic (exact) mass is 268 g/mol. The highest BCUT2D eigenvalue weighted by Crippen LogP contribution is 2.19. The first-order valence-electron chi connectivity index (χ1n) is 7.09. The summed E-state index contributed by atoms with van der Waals surface area (Å²) in [6.07, 6.45) is 2.51. The van der Waals surface area contributed by atoms with E-state index in [1.807, 2.05) is 6.92 Å². The summed E-state index contributed by atoms with van der Waals surface area (Å²) >= 11 is 0. The zero-order chi connectivity index (χ0) is 13.7. The SMILES string of the molecule is CCOCC(Nc1nnc(CNC2CC2)o1)C(C)C. The van der Waals surface area contributed by atoms with Gasteiger partial charge in [-0.2, -0.15) is 0 Å². The summed E-state index contributed by atoms with van der Waals surface area (Å²) < 4.78 is 11.0. The van der Waals surface area contributed by atoms with Crippen LogP contribution in [0.3, 0.4) is 0 Å². The van der Waals surface area contributed by atoms with Gasteiger partial charge in [0.1, 0.15) is 0 Å². The van der Waals surface area contributed by atoms with Crippen molar-refractivity contribution < 1.29 is 9.15 Å². The molecule has 1 aliphatic rings. The quantitative estimate of drug-likeness (QED) is 0.711. The van der Waals surface area contributed by atoms with Crippen LogP contribution in [0.4, 0.5) is 6.01 Å². The molecule has 1 fully saturated rings. The summed E-state index contributed by atoms with van der Waals surface area (Å²) in [5.74, 6) is 1.07. The minimum atomic E-state index is 0.185. The molecule has 1 unspecified atom stereocenters. The Morgan fingerprint density at radius 1 is 1.37 bits per heavy atom. The molecule has 1 aliphatic carbocycles. The van der Waals surface area contributed by atoms with E-state index in [9.17, 15) is 0 Å². The molecule has 0 spiro atoms. The van der Waals surface area contributed by atoms with E-state index in [4.69, 9.17) is 9.15 Å². The Morgan fingerprint density at radius 3 is 2.79 bits per heavy atom. The van der Waals surface area contributed by atoms with Crippen LogP contribution in [0.15, 0.2) is 4.42 Å². The highest BCUT2D eigenvalue weighted by Gasteiger charge is 2.21. The van der Waals surface area contributed by atoms with Crippen molar-refractivity contribution in [2.75, 3.05) is 18.5 Å². The van der Waals surface area contributed by atoms with Crippen LogP contribution in [0.2, 0.25) is 0 Å². The zero-order valence-electron chi connectivity index (χ0n) is 12.0. The average Bonchev–Trinajstić information content (AvgIpc) is 3.11. The molecule has 0 radical (unpaired) electrons. The molecule has 1 heterocycles. The lowest BCUT2D eigenvalue weighted by atomic mass is 10.1. The molecule has 0 aliphatic heterocycles. The number of nitrogens with zero attached hydrogens (tertiary/aromatic N) is 2. The molecular weight excluding hydrogens is 244 g/mol. The van der Waals surface area contributed by atoms with Gasteiger partial charge in [-0.3, -0.25) is 0 Å². The van der Waals surface area contributed by atoms with E-state index >= 15 is 0 Å². The van der Waals surface area contributed by atoms with Crippen LogP contribution in [-0.4, -0.2) is 35.5 Å². The van der Waals surface area contributed by atoms with Gasteiger partial charge in [-0.25, -0.2) is 0 Å². The van der Waals surface area contributed by atoms with E-state index in [-0.39, 0.29) is 6.04 Å². The van der Waals surface area contributed by atoms with Crippen molar-refractivity contribution in [3.63, 3.8) is 0 Å². The molecule has 1 saturated carbocycles. The second-order valence-corrected chi connectivity index (χ2v) is 5.31. The van der Waals surface area contributed by atoms with Gasteiger partial charge in [-0.15, -0.1) is 5.10 Å². The number of anilines is 1. The Hall–Kier alpha value is -1.14. The van der Waals surface area contributed by atoms with Gasteiger partial charge in [-0.1, -0.05) is 18.9 Å². The topological polar surface area (TPSA) is 72.2 Å². The van der Waals surface area contributed by atoms with E-state index in [1.165, 1.54) is 12.8 Å². The van der Waals surface area contributed by atoms with Crippen molar-refractivity contribution in [2.24, 2.45) is 5.92 Å². The zero-order valence-corrected chi connectivity index (χ0v) is 12.0. The third-order valence-electron chi connectivity index (χ3n) is 3.20. The first-order chi connectivity index (χ1) is 9.19. The summed E-state index contributed by atoms with van der Waals surface area (Å²) in [5.41, 5.74) is 0. The summed E-state index contributed by atoms with van der Waals surface area (Å²) in [5, 5.41) is 14.6. The van der Waals surface area contributed by atoms with Gasteiger partial charge in [0.25, 0.3) is 0 Å². The van der Waals surface area contributed by atoms with Crippen LogP contribution in [0.1, 0.15) is 39.5 Å². The third kappa shape index (κ3) is 4.80. The Labute approximate surface area is 114 Å².